The predicted octanol–water partition coefficient (Wildman–Crippen LogP) is 1.96. The molecule has 0 unspecified atom stereocenters. The summed E-state index contributed by atoms with van der Waals surface area (Å²) in [5.41, 5.74) is 4.94. The Kier molecular flexibility index (Phi) is 6.47. The average molecular weight is 407 g/mol. The van der Waals surface area contributed by atoms with Crippen LogP contribution in [0.5, 0.6) is 5.75 Å². The lowest BCUT2D eigenvalue weighted by atomic mass is 10.1. The van der Waals surface area contributed by atoms with Crippen molar-refractivity contribution in [3.63, 3.8) is 0 Å². The van der Waals surface area contributed by atoms with Crippen LogP contribution in [0.25, 0.3) is 0 Å². The van der Waals surface area contributed by atoms with Crippen molar-refractivity contribution in [3.05, 3.63) is 27.8 Å². The number of halogens is 1. The summed E-state index contributed by atoms with van der Waals surface area (Å²) in [4.78, 5) is 11.6. The minimum Gasteiger partial charge on any atom is -0.483 e. The Balaban J connectivity index is 2.31. The van der Waals surface area contributed by atoms with E-state index < -0.39 is 0 Å². The van der Waals surface area contributed by atoms with E-state index in [1.54, 1.807) is 0 Å². The molecule has 0 saturated heterocycles. The molecule has 0 bridgehead atoms. The maximum absolute atomic E-state index is 11.6. The van der Waals surface area contributed by atoms with Crippen molar-refractivity contribution in [3.8, 4) is 5.75 Å². The molecule has 1 rings (SSSR count). The zero-order valence-corrected chi connectivity index (χ0v) is 14.6. The highest BCUT2D eigenvalue weighted by molar-refractivity contribution is 14.1. The number of amides is 1. The zero-order chi connectivity index (χ0) is 15.2. The molecule has 3 N–H and O–H groups in total. The number of carbonyl (C=O) groups excluding carboxylic acids is 1. The summed E-state index contributed by atoms with van der Waals surface area (Å²) in [7, 11) is 0. The number of hydrogen-bond donors (Lipinski definition) is 3. The molecule has 0 fully saturated rings. The van der Waals surface area contributed by atoms with Gasteiger partial charge < -0.3 is 10.1 Å². The van der Waals surface area contributed by atoms with E-state index >= 15 is 0 Å². The van der Waals surface area contributed by atoms with Crippen LogP contribution in [0.4, 0.5) is 0 Å². The summed E-state index contributed by atoms with van der Waals surface area (Å²) in [5.74, 6) is 0.376. The number of thiocarbonyl (C=S) groups is 1. The normalized spacial score (nSPS) is 10.6. The lowest BCUT2D eigenvalue weighted by Crippen LogP contribution is -2.53. The molecule has 0 aliphatic heterocycles. The van der Waals surface area contributed by atoms with Gasteiger partial charge in [-0.15, -0.1) is 0 Å². The molecule has 7 heteroatoms. The van der Waals surface area contributed by atoms with Crippen molar-refractivity contribution in [1.29, 1.82) is 0 Å². The van der Waals surface area contributed by atoms with Crippen LogP contribution in [-0.4, -0.2) is 23.2 Å². The molecule has 110 valence electrons. The smallest absolute Gasteiger partial charge is 0.276 e. The van der Waals surface area contributed by atoms with Crippen LogP contribution in [0.15, 0.2) is 24.3 Å². The van der Waals surface area contributed by atoms with Crippen LogP contribution < -0.4 is 20.9 Å². The molecule has 5 nitrogen and oxygen atoms in total. The second kappa shape index (κ2) is 7.63. The van der Waals surface area contributed by atoms with Crippen molar-refractivity contribution in [2.24, 2.45) is 0 Å². The monoisotopic (exact) mass is 407 g/mol. The SMILES string of the molecule is CC(C)(C)NC(=S)NNC(=O)COc1ccccc1I. The Labute approximate surface area is 138 Å². The Morgan fingerprint density at radius 1 is 1.30 bits per heavy atom. The number of carbonyl (C=O) groups is 1. The van der Waals surface area contributed by atoms with Gasteiger partial charge in [0.05, 0.1) is 3.57 Å². The fraction of sp³-hybridized carbons (Fsp3) is 0.385. The number of hydrogen-bond acceptors (Lipinski definition) is 3. The van der Waals surface area contributed by atoms with Crippen LogP contribution in [0.3, 0.4) is 0 Å². The summed E-state index contributed by atoms with van der Waals surface area (Å²) < 4.78 is 6.36. The van der Waals surface area contributed by atoms with E-state index in [4.69, 9.17) is 17.0 Å². The van der Waals surface area contributed by atoms with Gasteiger partial charge in [0, 0.05) is 5.54 Å². The van der Waals surface area contributed by atoms with Gasteiger partial charge in [-0.1, -0.05) is 12.1 Å². The van der Waals surface area contributed by atoms with Gasteiger partial charge in [-0.3, -0.25) is 15.6 Å². The molecular formula is C13H18IN3O2S. The highest BCUT2D eigenvalue weighted by Crippen LogP contribution is 2.19. The van der Waals surface area contributed by atoms with Gasteiger partial charge in [-0.25, -0.2) is 0 Å². The Morgan fingerprint density at radius 3 is 2.55 bits per heavy atom. The lowest BCUT2D eigenvalue weighted by molar-refractivity contribution is -0.123. The molecular weight excluding hydrogens is 389 g/mol. The van der Waals surface area contributed by atoms with Gasteiger partial charge in [0.25, 0.3) is 5.91 Å². The predicted molar refractivity (Wildman–Crippen MR) is 91.4 cm³/mol. The summed E-state index contributed by atoms with van der Waals surface area (Å²) >= 11 is 7.19. The molecule has 1 aromatic carbocycles. The fourth-order valence-electron chi connectivity index (χ4n) is 1.24. The van der Waals surface area contributed by atoms with Gasteiger partial charge in [0.1, 0.15) is 5.75 Å². The summed E-state index contributed by atoms with van der Waals surface area (Å²) in [6.07, 6.45) is 0. The van der Waals surface area contributed by atoms with E-state index in [0.29, 0.717) is 10.9 Å². The number of benzene rings is 1. The summed E-state index contributed by atoms with van der Waals surface area (Å²) in [6.45, 7) is 5.85. The molecule has 0 atom stereocenters. The topological polar surface area (TPSA) is 62.4 Å². The third kappa shape index (κ3) is 6.90. The number of rotatable bonds is 3. The van der Waals surface area contributed by atoms with Crippen molar-refractivity contribution in [2.45, 2.75) is 26.3 Å². The van der Waals surface area contributed by atoms with Crippen LogP contribution in [0.1, 0.15) is 20.8 Å². The third-order valence-corrected chi connectivity index (χ3v) is 3.09. The minimum absolute atomic E-state index is 0.0782. The molecule has 0 aliphatic rings. The van der Waals surface area contributed by atoms with Crippen molar-refractivity contribution >= 4 is 45.8 Å². The molecule has 0 radical (unpaired) electrons. The molecule has 20 heavy (non-hydrogen) atoms. The first-order valence-corrected chi connectivity index (χ1v) is 7.51. The molecule has 0 heterocycles. The van der Waals surface area contributed by atoms with E-state index in [2.05, 4.69) is 38.8 Å². The van der Waals surface area contributed by atoms with Crippen LogP contribution in [0.2, 0.25) is 0 Å². The summed E-state index contributed by atoms with van der Waals surface area (Å²) in [6, 6.07) is 7.49. The Bertz CT molecular complexity index is 489. The van der Waals surface area contributed by atoms with Gasteiger partial charge in [-0.05, 0) is 67.7 Å². The van der Waals surface area contributed by atoms with E-state index in [-0.39, 0.29) is 18.1 Å². The highest BCUT2D eigenvalue weighted by Gasteiger charge is 2.11. The Hall–Kier alpha value is -1.09. The molecule has 0 saturated carbocycles. The second-order valence-electron chi connectivity index (χ2n) is 5.10. The van der Waals surface area contributed by atoms with Gasteiger partial charge in [-0.2, -0.15) is 0 Å². The molecule has 0 aliphatic carbocycles. The van der Waals surface area contributed by atoms with E-state index in [9.17, 15) is 4.79 Å². The van der Waals surface area contributed by atoms with Crippen LogP contribution in [0, 0.1) is 3.57 Å². The largest absolute Gasteiger partial charge is 0.483 e. The number of para-hydroxylation sites is 1. The minimum atomic E-state index is -0.303. The van der Waals surface area contributed by atoms with Gasteiger partial charge in [0.15, 0.2) is 11.7 Å². The highest BCUT2D eigenvalue weighted by atomic mass is 127. The van der Waals surface area contributed by atoms with E-state index in [1.165, 1.54) is 0 Å². The van der Waals surface area contributed by atoms with E-state index in [1.807, 2.05) is 45.0 Å². The number of ether oxygens (including phenoxy) is 1. The van der Waals surface area contributed by atoms with Gasteiger partial charge >= 0.3 is 0 Å². The summed E-state index contributed by atoms with van der Waals surface area (Å²) in [5, 5.41) is 3.38. The second-order valence-corrected chi connectivity index (χ2v) is 6.67. The average Bonchev–Trinajstić information content (AvgIpc) is 2.33. The fourth-order valence-corrected chi connectivity index (χ4v) is 2.14. The number of nitrogens with one attached hydrogen (secondary N) is 3. The molecule has 0 spiro atoms. The van der Waals surface area contributed by atoms with E-state index in [0.717, 1.165) is 3.57 Å². The standard InChI is InChI=1S/C13H18IN3O2S/c1-13(2,3)15-12(20)17-16-11(18)8-19-10-7-5-4-6-9(10)14/h4-7H,8H2,1-3H3,(H,16,18)(H2,15,17,20). The molecule has 1 amide bonds. The number of hydrazine groups is 1. The maximum Gasteiger partial charge on any atom is 0.276 e. The van der Waals surface area contributed by atoms with Gasteiger partial charge in [0.2, 0.25) is 0 Å². The quantitative estimate of drug-likeness (QED) is 0.406. The lowest BCUT2D eigenvalue weighted by Gasteiger charge is -2.23. The first-order chi connectivity index (χ1) is 9.28. The van der Waals surface area contributed by atoms with Crippen molar-refractivity contribution < 1.29 is 9.53 Å². The first-order valence-electron chi connectivity index (χ1n) is 6.02. The molecule has 1 aromatic rings. The maximum atomic E-state index is 11.6. The zero-order valence-electron chi connectivity index (χ0n) is 11.6. The third-order valence-electron chi connectivity index (χ3n) is 2.00. The van der Waals surface area contributed by atoms with Crippen LogP contribution in [-0.2, 0) is 4.79 Å². The van der Waals surface area contributed by atoms with Crippen molar-refractivity contribution in [2.75, 3.05) is 6.61 Å². The van der Waals surface area contributed by atoms with Crippen molar-refractivity contribution in [1.82, 2.24) is 16.2 Å². The van der Waals surface area contributed by atoms with Crippen LogP contribution >= 0.6 is 34.8 Å². The Morgan fingerprint density at radius 2 is 1.95 bits per heavy atom. The first kappa shape index (κ1) is 17.0. The molecule has 0 aromatic heterocycles.